The highest BCUT2D eigenvalue weighted by Crippen LogP contribution is 2.58. The van der Waals surface area contributed by atoms with Gasteiger partial charge in [-0.25, -0.2) is 0 Å². The van der Waals surface area contributed by atoms with Gasteiger partial charge in [0.15, 0.2) is 0 Å². The maximum Gasteiger partial charge on any atom is 0.0364 e. The molecule has 196 valence electrons. The van der Waals surface area contributed by atoms with E-state index >= 15 is 0 Å². The van der Waals surface area contributed by atoms with Crippen LogP contribution in [0.15, 0.2) is 121 Å². The molecule has 0 bridgehead atoms. The first-order valence-corrected chi connectivity index (χ1v) is 14.2. The third-order valence-electron chi connectivity index (χ3n) is 8.01. The normalized spacial score (nSPS) is 13.8. The molecule has 0 N–H and O–H groups in total. The zero-order valence-corrected chi connectivity index (χ0v) is 24.1. The molecule has 0 aliphatic heterocycles. The number of benzene rings is 5. The van der Waals surface area contributed by atoms with Crippen molar-refractivity contribution >= 4 is 22.3 Å². The van der Waals surface area contributed by atoms with Crippen molar-refractivity contribution in [3.05, 3.63) is 177 Å². The lowest BCUT2D eigenvalue weighted by Gasteiger charge is -2.23. The summed E-state index contributed by atoms with van der Waals surface area (Å²) in [5.41, 5.74) is 18.3. The monoisotopic (exact) mass is 516 g/mol. The van der Waals surface area contributed by atoms with Crippen LogP contribution in [0.25, 0.3) is 22.3 Å². The van der Waals surface area contributed by atoms with Crippen molar-refractivity contribution in [2.45, 2.75) is 40.5 Å². The molecular formula is C40H36. The Morgan fingerprint density at radius 1 is 0.350 bits per heavy atom. The average Bonchev–Trinajstić information content (AvgIpc) is 3.29. The summed E-state index contributed by atoms with van der Waals surface area (Å²) in [4.78, 5) is 0. The molecule has 0 unspecified atom stereocenters. The molecule has 0 saturated carbocycles. The van der Waals surface area contributed by atoms with Crippen LogP contribution in [-0.4, -0.2) is 0 Å². The molecule has 0 atom stereocenters. The van der Waals surface area contributed by atoms with Gasteiger partial charge in [-0.15, -0.1) is 0 Å². The van der Waals surface area contributed by atoms with Crippen molar-refractivity contribution in [3.63, 3.8) is 0 Å². The van der Waals surface area contributed by atoms with Crippen LogP contribution in [-0.2, 0) is 0 Å². The second-order valence-electron chi connectivity index (χ2n) is 11.4. The molecule has 1 aliphatic rings. The van der Waals surface area contributed by atoms with E-state index in [-0.39, 0.29) is 5.92 Å². The molecule has 0 amide bonds. The van der Waals surface area contributed by atoms with Crippen LogP contribution in [0.4, 0.5) is 0 Å². The highest BCUT2D eigenvalue weighted by molar-refractivity contribution is 6.29. The minimum Gasteiger partial charge on any atom is -0.0617 e. The number of aryl methyl sites for hydroxylation is 5. The van der Waals surface area contributed by atoms with Gasteiger partial charge >= 0.3 is 0 Å². The number of hydrogen-bond donors (Lipinski definition) is 0. The SMILES string of the molecule is Cc1cccc(C2=C(c3cccc(C)c3)C(c3cccc(C)c3)C(c3cccc(C)c3)=C2c2cccc(C)c2)c1. The molecule has 0 radical (unpaired) electrons. The average molecular weight is 517 g/mol. The first kappa shape index (κ1) is 25.8. The summed E-state index contributed by atoms with van der Waals surface area (Å²) >= 11 is 0. The highest BCUT2D eigenvalue weighted by Gasteiger charge is 2.37. The Morgan fingerprint density at radius 2 is 0.675 bits per heavy atom. The van der Waals surface area contributed by atoms with Crippen LogP contribution in [0.5, 0.6) is 0 Å². The topological polar surface area (TPSA) is 0 Å². The fourth-order valence-electron chi connectivity index (χ4n) is 6.33. The van der Waals surface area contributed by atoms with Crippen LogP contribution in [0.1, 0.15) is 61.6 Å². The molecule has 5 aromatic rings. The Labute approximate surface area is 239 Å². The smallest absolute Gasteiger partial charge is 0.0364 e. The van der Waals surface area contributed by atoms with Gasteiger partial charge in [0.2, 0.25) is 0 Å². The fraction of sp³-hybridized carbons (Fsp3) is 0.150. The predicted molar refractivity (Wildman–Crippen MR) is 172 cm³/mol. The van der Waals surface area contributed by atoms with Crippen LogP contribution in [0, 0.1) is 34.6 Å². The van der Waals surface area contributed by atoms with E-state index in [2.05, 4.69) is 156 Å². The second kappa shape index (κ2) is 10.6. The van der Waals surface area contributed by atoms with Gasteiger partial charge < -0.3 is 0 Å². The third kappa shape index (κ3) is 4.87. The van der Waals surface area contributed by atoms with Crippen LogP contribution < -0.4 is 0 Å². The summed E-state index contributed by atoms with van der Waals surface area (Å²) < 4.78 is 0. The van der Waals surface area contributed by atoms with E-state index in [0.717, 1.165) is 0 Å². The largest absolute Gasteiger partial charge is 0.0617 e. The van der Waals surface area contributed by atoms with Gasteiger partial charge in [0.05, 0.1) is 0 Å². The van der Waals surface area contributed by atoms with E-state index in [1.807, 2.05) is 0 Å². The molecule has 0 saturated heterocycles. The molecular weight excluding hydrogens is 480 g/mol. The number of allylic oxidation sites excluding steroid dienone is 4. The van der Waals surface area contributed by atoms with Crippen molar-refractivity contribution in [2.75, 3.05) is 0 Å². The lowest BCUT2D eigenvalue weighted by molar-refractivity contribution is 1.13. The van der Waals surface area contributed by atoms with E-state index in [1.54, 1.807) is 0 Å². The molecule has 1 aliphatic carbocycles. The Kier molecular flexibility index (Phi) is 6.86. The van der Waals surface area contributed by atoms with Gasteiger partial charge in [-0.2, -0.15) is 0 Å². The van der Waals surface area contributed by atoms with Gasteiger partial charge in [0.25, 0.3) is 0 Å². The van der Waals surface area contributed by atoms with Crippen molar-refractivity contribution in [1.29, 1.82) is 0 Å². The van der Waals surface area contributed by atoms with E-state index in [0.29, 0.717) is 0 Å². The molecule has 0 nitrogen and oxygen atoms in total. The van der Waals surface area contributed by atoms with Gasteiger partial charge in [0.1, 0.15) is 0 Å². The third-order valence-corrected chi connectivity index (χ3v) is 8.01. The van der Waals surface area contributed by atoms with E-state index in [9.17, 15) is 0 Å². The number of rotatable bonds is 5. The molecule has 0 heterocycles. The standard InChI is InChI=1S/C40H36/c1-26-11-6-16-31(21-26)36-37(32-17-7-12-27(2)22-32)39(34-19-9-14-29(4)24-34)40(35-20-10-15-30(5)25-35)38(36)33-18-8-13-28(3)23-33/h6-25,36H,1-5H3. The fourth-order valence-corrected chi connectivity index (χ4v) is 6.33. The van der Waals surface area contributed by atoms with Gasteiger partial charge in [0, 0.05) is 5.92 Å². The van der Waals surface area contributed by atoms with Gasteiger partial charge in [-0.05, 0) is 84.7 Å². The van der Waals surface area contributed by atoms with Crippen LogP contribution >= 0.6 is 0 Å². The van der Waals surface area contributed by atoms with E-state index in [1.165, 1.54) is 77.9 Å². The molecule has 0 aromatic heterocycles. The minimum absolute atomic E-state index is 0.0922. The van der Waals surface area contributed by atoms with Gasteiger partial charge in [-0.1, -0.05) is 149 Å². The highest BCUT2D eigenvalue weighted by atomic mass is 14.4. The van der Waals surface area contributed by atoms with Crippen LogP contribution in [0.3, 0.4) is 0 Å². The van der Waals surface area contributed by atoms with Gasteiger partial charge in [-0.3, -0.25) is 0 Å². The lowest BCUT2D eigenvalue weighted by Crippen LogP contribution is -2.04. The molecule has 6 rings (SSSR count). The summed E-state index contributed by atoms with van der Waals surface area (Å²) in [5, 5.41) is 0. The Morgan fingerprint density at radius 3 is 1.05 bits per heavy atom. The lowest BCUT2D eigenvalue weighted by atomic mass is 9.80. The van der Waals surface area contributed by atoms with E-state index < -0.39 is 0 Å². The Balaban J connectivity index is 1.82. The maximum atomic E-state index is 2.38. The summed E-state index contributed by atoms with van der Waals surface area (Å²) in [6, 6.07) is 45.3. The summed E-state index contributed by atoms with van der Waals surface area (Å²) in [6.45, 7) is 11.0. The minimum atomic E-state index is 0.0922. The summed E-state index contributed by atoms with van der Waals surface area (Å²) in [7, 11) is 0. The Hall–Kier alpha value is -4.42. The van der Waals surface area contributed by atoms with Crippen molar-refractivity contribution in [3.8, 4) is 0 Å². The van der Waals surface area contributed by atoms with Crippen molar-refractivity contribution < 1.29 is 0 Å². The predicted octanol–water partition coefficient (Wildman–Crippen LogP) is 10.5. The first-order valence-electron chi connectivity index (χ1n) is 14.2. The summed E-state index contributed by atoms with van der Waals surface area (Å²) in [5.74, 6) is 0.0922. The van der Waals surface area contributed by atoms with E-state index in [4.69, 9.17) is 0 Å². The van der Waals surface area contributed by atoms with Crippen molar-refractivity contribution in [2.24, 2.45) is 0 Å². The zero-order chi connectivity index (χ0) is 27.8. The summed E-state index contributed by atoms with van der Waals surface area (Å²) in [6.07, 6.45) is 0. The first-order chi connectivity index (χ1) is 19.4. The van der Waals surface area contributed by atoms with Crippen molar-refractivity contribution in [1.82, 2.24) is 0 Å². The number of hydrogen-bond acceptors (Lipinski definition) is 0. The second-order valence-corrected chi connectivity index (χ2v) is 11.4. The molecule has 5 aromatic carbocycles. The Bertz CT molecular complexity index is 1680. The molecule has 0 heteroatoms. The zero-order valence-electron chi connectivity index (χ0n) is 24.1. The molecule has 0 spiro atoms. The quantitative estimate of drug-likeness (QED) is 0.218. The van der Waals surface area contributed by atoms with Crippen LogP contribution in [0.2, 0.25) is 0 Å². The molecule has 40 heavy (non-hydrogen) atoms. The molecule has 0 fully saturated rings. The maximum absolute atomic E-state index is 2.38.